The molecule has 1 heterocycles. The molecule has 0 bridgehead atoms. The molecule has 0 saturated heterocycles. The first kappa shape index (κ1) is 10.3. The van der Waals surface area contributed by atoms with E-state index in [0.717, 1.165) is 19.5 Å². The molecule has 0 radical (unpaired) electrons. The van der Waals surface area contributed by atoms with Gasteiger partial charge in [-0.2, -0.15) is 0 Å². The number of nitrogens with one attached hydrogen (secondary N) is 1. The van der Waals surface area contributed by atoms with Crippen LogP contribution in [0.5, 0.6) is 0 Å². The van der Waals surface area contributed by atoms with E-state index >= 15 is 0 Å². The van der Waals surface area contributed by atoms with Gasteiger partial charge in [-0.05, 0) is 26.4 Å². The van der Waals surface area contributed by atoms with Crippen molar-refractivity contribution < 1.29 is 0 Å². The van der Waals surface area contributed by atoms with Crippen molar-refractivity contribution >= 4 is 0 Å². The minimum atomic E-state index is 1.07. The van der Waals surface area contributed by atoms with Crippen LogP contribution in [0.4, 0.5) is 0 Å². The SMILES string of the molecule is CCCc1cncn1CCCNC. The number of rotatable bonds is 6. The highest BCUT2D eigenvalue weighted by Crippen LogP contribution is 2.03. The summed E-state index contributed by atoms with van der Waals surface area (Å²) in [4.78, 5) is 4.16. The van der Waals surface area contributed by atoms with E-state index in [1.807, 2.05) is 19.6 Å². The first-order valence-electron chi connectivity index (χ1n) is 5.02. The van der Waals surface area contributed by atoms with Crippen molar-refractivity contribution in [3.8, 4) is 0 Å². The lowest BCUT2D eigenvalue weighted by Crippen LogP contribution is -2.11. The maximum Gasteiger partial charge on any atom is 0.0948 e. The van der Waals surface area contributed by atoms with E-state index < -0.39 is 0 Å². The molecule has 0 fully saturated rings. The molecule has 0 amide bonds. The maximum atomic E-state index is 4.16. The summed E-state index contributed by atoms with van der Waals surface area (Å²) in [6.07, 6.45) is 7.41. The second kappa shape index (κ2) is 5.75. The number of aryl methyl sites for hydroxylation is 2. The van der Waals surface area contributed by atoms with E-state index in [1.54, 1.807) is 0 Å². The third-order valence-corrected chi connectivity index (χ3v) is 2.13. The third-order valence-electron chi connectivity index (χ3n) is 2.13. The first-order chi connectivity index (χ1) is 6.38. The number of aromatic nitrogens is 2. The average molecular weight is 181 g/mol. The molecule has 1 aromatic rings. The molecule has 0 aromatic carbocycles. The van der Waals surface area contributed by atoms with Gasteiger partial charge in [0, 0.05) is 18.4 Å². The van der Waals surface area contributed by atoms with E-state index in [4.69, 9.17) is 0 Å². The Bertz CT molecular complexity index is 230. The molecule has 0 atom stereocenters. The van der Waals surface area contributed by atoms with E-state index in [1.165, 1.54) is 18.5 Å². The molecular formula is C10H19N3. The molecule has 1 N–H and O–H groups in total. The fraction of sp³-hybridized carbons (Fsp3) is 0.700. The Morgan fingerprint density at radius 3 is 3.08 bits per heavy atom. The van der Waals surface area contributed by atoms with Crippen molar-refractivity contribution in [1.82, 2.24) is 14.9 Å². The van der Waals surface area contributed by atoms with E-state index in [0.29, 0.717) is 0 Å². The Morgan fingerprint density at radius 2 is 2.38 bits per heavy atom. The van der Waals surface area contributed by atoms with Gasteiger partial charge in [-0.15, -0.1) is 0 Å². The lowest BCUT2D eigenvalue weighted by atomic mass is 10.2. The van der Waals surface area contributed by atoms with Gasteiger partial charge < -0.3 is 9.88 Å². The summed E-state index contributed by atoms with van der Waals surface area (Å²) in [5.74, 6) is 0. The van der Waals surface area contributed by atoms with Gasteiger partial charge >= 0.3 is 0 Å². The maximum absolute atomic E-state index is 4.16. The van der Waals surface area contributed by atoms with Crippen LogP contribution in [0.2, 0.25) is 0 Å². The van der Waals surface area contributed by atoms with Crippen LogP contribution in [0.15, 0.2) is 12.5 Å². The number of hydrogen-bond acceptors (Lipinski definition) is 2. The predicted molar refractivity (Wildman–Crippen MR) is 54.8 cm³/mol. The zero-order valence-electron chi connectivity index (χ0n) is 8.58. The molecule has 0 saturated carbocycles. The van der Waals surface area contributed by atoms with Gasteiger partial charge in [0.2, 0.25) is 0 Å². The third kappa shape index (κ3) is 3.19. The summed E-state index contributed by atoms with van der Waals surface area (Å²) in [5.41, 5.74) is 1.36. The van der Waals surface area contributed by atoms with E-state index in [9.17, 15) is 0 Å². The molecule has 3 heteroatoms. The van der Waals surface area contributed by atoms with Crippen molar-refractivity contribution in [2.45, 2.75) is 32.7 Å². The monoisotopic (exact) mass is 181 g/mol. The second-order valence-corrected chi connectivity index (χ2v) is 3.29. The van der Waals surface area contributed by atoms with Gasteiger partial charge in [0.25, 0.3) is 0 Å². The van der Waals surface area contributed by atoms with Crippen LogP contribution < -0.4 is 5.32 Å². The molecular weight excluding hydrogens is 162 g/mol. The van der Waals surface area contributed by atoms with Crippen LogP contribution >= 0.6 is 0 Å². The molecule has 0 unspecified atom stereocenters. The Hall–Kier alpha value is -0.830. The standard InChI is InChI=1S/C10H19N3/c1-3-5-10-8-12-9-13(10)7-4-6-11-2/h8-9,11H,3-7H2,1-2H3. The largest absolute Gasteiger partial charge is 0.335 e. The second-order valence-electron chi connectivity index (χ2n) is 3.29. The van der Waals surface area contributed by atoms with Crippen LogP contribution in [0, 0.1) is 0 Å². The van der Waals surface area contributed by atoms with Gasteiger partial charge in [-0.1, -0.05) is 13.3 Å². The smallest absolute Gasteiger partial charge is 0.0948 e. The Balaban J connectivity index is 2.40. The highest BCUT2D eigenvalue weighted by Gasteiger charge is 1.99. The molecule has 0 aliphatic carbocycles. The number of hydrogen-bond donors (Lipinski definition) is 1. The molecule has 1 aromatic heterocycles. The molecule has 13 heavy (non-hydrogen) atoms. The van der Waals surface area contributed by atoms with Crippen molar-refractivity contribution in [2.75, 3.05) is 13.6 Å². The van der Waals surface area contributed by atoms with Crippen LogP contribution in [0.3, 0.4) is 0 Å². The highest BCUT2D eigenvalue weighted by atomic mass is 15.0. The van der Waals surface area contributed by atoms with Gasteiger partial charge in [0.1, 0.15) is 0 Å². The van der Waals surface area contributed by atoms with Crippen LogP contribution in [0.1, 0.15) is 25.5 Å². The van der Waals surface area contributed by atoms with Crippen LogP contribution in [0.25, 0.3) is 0 Å². The Kier molecular flexibility index (Phi) is 4.54. The number of imidazole rings is 1. The predicted octanol–water partition coefficient (Wildman–Crippen LogP) is 1.45. The van der Waals surface area contributed by atoms with Crippen LogP contribution in [-0.4, -0.2) is 23.1 Å². The summed E-state index contributed by atoms with van der Waals surface area (Å²) in [6.45, 7) is 4.35. The molecule has 3 nitrogen and oxygen atoms in total. The minimum Gasteiger partial charge on any atom is -0.335 e. The molecule has 0 aliphatic heterocycles. The van der Waals surface area contributed by atoms with Gasteiger partial charge in [-0.25, -0.2) is 4.98 Å². The minimum absolute atomic E-state index is 1.07. The van der Waals surface area contributed by atoms with Crippen molar-refractivity contribution in [2.24, 2.45) is 0 Å². The number of nitrogens with zero attached hydrogens (tertiary/aromatic N) is 2. The van der Waals surface area contributed by atoms with Gasteiger partial charge in [0.05, 0.1) is 6.33 Å². The lowest BCUT2D eigenvalue weighted by molar-refractivity contribution is 0.591. The summed E-state index contributed by atoms with van der Waals surface area (Å²) in [6, 6.07) is 0. The fourth-order valence-corrected chi connectivity index (χ4v) is 1.44. The fourth-order valence-electron chi connectivity index (χ4n) is 1.44. The molecule has 0 spiro atoms. The Morgan fingerprint density at radius 1 is 1.54 bits per heavy atom. The topological polar surface area (TPSA) is 29.9 Å². The van der Waals surface area contributed by atoms with Gasteiger partial charge in [0.15, 0.2) is 0 Å². The van der Waals surface area contributed by atoms with Crippen molar-refractivity contribution in [3.63, 3.8) is 0 Å². The summed E-state index contributed by atoms with van der Waals surface area (Å²) in [7, 11) is 1.99. The van der Waals surface area contributed by atoms with Crippen molar-refractivity contribution in [3.05, 3.63) is 18.2 Å². The molecule has 74 valence electrons. The summed E-state index contributed by atoms with van der Waals surface area (Å²) in [5, 5.41) is 3.15. The zero-order chi connectivity index (χ0) is 9.52. The van der Waals surface area contributed by atoms with E-state index in [-0.39, 0.29) is 0 Å². The Labute approximate surface area is 80.2 Å². The summed E-state index contributed by atoms with van der Waals surface area (Å²) < 4.78 is 2.25. The molecule has 0 aliphatic rings. The quantitative estimate of drug-likeness (QED) is 0.673. The first-order valence-corrected chi connectivity index (χ1v) is 5.02. The molecule has 1 rings (SSSR count). The normalized spacial score (nSPS) is 10.6. The summed E-state index contributed by atoms with van der Waals surface area (Å²) >= 11 is 0. The lowest BCUT2D eigenvalue weighted by Gasteiger charge is -2.06. The van der Waals surface area contributed by atoms with Crippen molar-refractivity contribution in [1.29, 1.82) is 0 Å². The van der Waals surface area contributed by atoms with E-state index in [2.05, 4.69) is 21.8 Å². The zero-order valence-corrected chi connectivity index (χ0v) is 8.58. The average Bonchev–Trinajstić information content (AvgIpc) is 2.54. The van der Waals surface area contributed by atoms with Crippen LogP contribution in [-0.2, 0) is 13.0 Å². The highest BCUT2D eigenvalue weighted by molar-refractivity contribution is 4.98. The van der Waals surface area contributed by atoms with Gasteiger partial charge in [-0.3, -0.25) is 0 Å².